The number of nitrogens with one attached hydrogen (secondary N) is 1. The molecule has 1 aromatic carbocycles. The van der Waals surface area contributed by atoms with Crippen molar-refractivity contribution in [2.75, 3.05) is 20.3 Å². The highest BCUT2D eigenvalue weighted by molar-refractivity contribution is 5.28. The zero-order valence-electron chi connectivity index (χ0n) is 11.2. The van der Waals surface area contributed by atoms with Gasteiger partial charge in [0.05, 0.1) is 13.2 Å². The van der Waals surface area contributed by atoms with Gasteiger partial charge >= 0.3 is 0 Å². The van der Waals surface area contributed by atoms with Crippen molar-refractivity contribution in [3.63, 3.8) is 0 Å². The van der Waals surface area contributed by atoms with Gasteiger partial charge in [-0.1, -0.05) is 12.1 Å². The van der Waals surface area contributed by atoms with Crippen molar-refractivity contribution in [2.24, 2.45) is 0 Å². The lowest BCUT2D eigenvalue weighted by Gasteiger charge is -2.22. The van der Waals surface area contributed by atoms with Crippen LogP contribution < -0.4 is 10.1 Å². The molecule has 0 spiro atoms. The van der Waals surface area contributed by atoms with Crippen LogP contribution in [0.5, 0.6) is 5.75 Å². The molecular formula is C15H23NO2. The van der Waals surface area contributed by atoms with Crippen LogP contribution in [0.1, 0.15) is 31.2 Å². The Labute approximate surface area is 109 Å². The Balaban J connectivity index is 1.65. The van der Waals surface area contributed by atoms with Gasteiger partial charge in [-0.2, -0.15) is 0 Å². The summed E-state index contributed by atoms with van der Waals surface area (Å²) in [5.41, 5.74) is 1.26. The molecule has 3 heteroatoms. The molecule has 0 radical (unpaired) electrons. The van der Waals surface area contributed by atoms with Crippen molar-refractivity contribution >= 4 is 0 Å². The number of hydrogen-bond donors (Lipinski definition) is 1. The third kappa shape index (κ3) is 4.31. The monoisotopic (exact) mass is 249 g/mol. The summed E-state index contributed by atoms with van der Waals surface area (Å²) >= 11 is 0. The lowest BCUT2D eigenvalue weighted by molar-refractivity contribution is 0.0115. The second kappa shape index (κ2) is 7.39. The van der Waals surface area contributed by atoms with E-state index in [2.05, 4.69) is 17.4 Å². The quantitative estimate of drug-likeness (QED) is 0.786. The molecule has 0 amide bonds. The summed E-state index contributed by atoms with van der Waals surface area (Å²) in [6, 6.07) is 8.19. The van der Waals surface area contributed by atoms with Crippen molar-refractivity contribution in [1.82, 2.24) is 5.32 Å². The molecule has 0 bridgehead atoms. The highest BCUT2D eigenvalue weighted by Crippen LogP contribution is 2.15. The maximum absolute atomic E-state index is 5.71. The maximum atomic E-state index is 5.71. The molecule has 3 nitrogen and oxygen atoms in total. The molecule has 1 aromatic rings. The van der Waals surface area contributed by atoms with Gasteiger partial charge in [0.25, 0.3) is 0 Å². The average molecular weight is 249 g/mol. The highest BCUT2D eigenvalue weighted by Gasteiger charge is 2.12. The van der Waals surface area contributed by atoms with Crippen LogP contribution >= 0.6 is 0 Å². The first-order valence-corrected chi connectivity index (χ1v) is 6.84. The van der Waals surface area contributed by atoms with E-state index in [9.17, 15) is 0 Å². The summed E-state index contributed by atoms with van der Waals surface area (Å²) < 4.78 is 10.9. The highest BCUT2D eigenvalue weighted by atomic mass is 16.5. The van der Waals surface area contributed by atoms with Crippen LogP contribution in [0.3, 0.4) is 0 Å². The molecule has 1 unspecified atom stereocenters. The lowest BCUT2D eigenvalue weighted by Crippen LogP contribution is -2.25. The van der Waals surface area contributed by atoms with Crippen LogP contribution in [-0.4, -0.2) is 26.4 Å². The van der Waals surface area contributed by atoms with E-state index in [1.807, 2.05) is 12.1 Å². The van der Waals surface area contributed by atoms with Crippen LogP contribution in [0.4, 0.5) is 0 Å². The SMILES string of the molecule is COc1cccc(CNCCC2CCCCO2)c1. The second-order valence-electron chi connectivity index (χ2n) is 4.81. The van der Waals surface area contributed by atoms with Crippen molar-refractivity contribution in [3.05, 3.63) is 29.8 Å². The Hall–Kier alpha value is -1.06. The third-order valence-electron chi connectivity index (χ3n) is 3.38. The minimum Gasteiger partial charge on any atom is -0.497 e. The van der Waals surface area contributed by atoms with E-state index in [0.29, 0.717) is 6.10 Å². The summed E-state index contributed by atoms with van der Waals surface area (Å²) in [7, 11) is 1.70. The van der Waals surface area contributed by atoms with E-state index in [1.165, 1.54) is 24.8 Å². The van der Waals surface area contributed by atoms with Crippen molar-refractivity contribution in [2.45, 2.75) is 38.3 Å². The fourth-order valence-electron chi connectivity index (χ4n) is 2.31. The van der Waals surface area contributed by atoms with E-state index >= 15 is 0 Å². The van der Waals surface area contributed by atoms with Gasteiger partial charge < -0.3 is 14.8 Å². The maximum Gasteiger partial charge on any atom is 0.119 e. The fraction of sp³-hybridized carbons (Fsp3) is 0.600. The van der Waals surface area contributed by atoms with Crippen molar-refractivity contribution in [3.8, 4) is 5.75 Å². The average Bonchev–Trinajstić information content (AvgIpc) is 2.45. The molecule has 0 aliphatic carbocycles. The van der Waals surface area contributed by atoms with Crippen LogP contribution in [0, 0.1) is 0 Å². The van der Waals surface area contributed by atoms with E-state index in [-0.39, 0.29) is 0 Å². The number of ether oxygens (including phenoxy) is 2. The molecule has 1 atom stereocenters. The first-order valence-electron chi connectivity index (χ1n) is 6.84. The lowest BCUT2D eigenvalue weighted by atomic mass is 10.1. The van der Waals surface area contributed by atoms with Gasteiger partial charge in [-0.15, -0.1) is 0 Å². The van der Waals surface area contributed by atoms with E-state index < -0.39 is 0 Å². The van der Waals surface area contributed by atoms with Gasteiger partial charge in [0.15, 0.2) is 0 Å². The van der Waals surface area contributed by atoms with Crippen molar-refractivity contribution < 1.29 is 9.47 Å². The van der Waals surface area contributed by atoms with Gasteiger partial charge in [0.1, 0.15) is 5.75 Å². The minimum absolute atomic E-state index is 0.469. The van der Waals surface area contributed by atoms with E-state index in [0.717, 1.165) is 31.9 Å². The summed E-state index contributed by atoms with van der Waals surface area (Å²) in [5.74, 6) is 0.921. The first-order chi connectivity index (χ1) is 8.88. The Morgan fingerprint density at radius 3 is 3.11 bits per heavy atom. The van der Waals surface area contributed by atoms with Gasteiger partial charge in [0.2, 0.25) is 0 Å². The standard InChI is InChI=1S/C15H23NO2/c1-17-15-7-4-5-13(11-15)12-16-9-8-14-6-2-3-10-18-14/h4-5,7,11,14,16H,2-3,6,8-10,12H2,1H3. The first kappa shape index (κ1) is 13.4. The van der Waals surface area contributed by atoms with Gasteiger partial charge in [-0.05, 0) is 49.9 Å². The van der Waals surface area contributed by atoms with Crippen LogP contribution in [0.15, 0.2) is 24.3 Å². The Morgan fingerprint density at radius 1 is 1.39 bits per heavy atom. The topological polar surface area (TPSA) is 30.5 Å². The van der Waals surface area contributed by atoms with E-state index in [4.69, 9.17) is 9.47 Å². The Morgan fingerprint density at radius 2 is 2.33 bits per heavy atom. The molecule has 18 heavy (non-hydrogen) atoms. The molecule has 100 valence electrons. The van der Waals surface area contributed by atoms with Crippen LogP contribution in [-0.2, 0) is 11.3 Å². The number of benzene rings is 1. The summed E-state index contributed by atoms with van der Waals surface area (Å²) in [6.07, 6.45) is 5.36. The zero-order chi connectivity index (χ0) is 12.6. The predicted octanol–water partition coefficient (Wildman–Crippen LogP) is 2.74. The van der Waals surface area contributed by atoms with Crippen LogP contribution in [0.2, 0.25) is 0 Å². The van der Waals surface area contributed by atoms with E-state index in [1.54, 1.807) is 7.11 Å². The predicted molar refractivity (Wildman–Crippen MR) is 72.9 cm³/mol. The number of hydrogen-bond acceptors (Lipinski definition) is 3. The van der Waals surface area contributed by atoms with Gasteiger partial charge in [0, 0.05) is 13.2 Å². The number of methoxy groups -OCH3 is 1. The van der Waals surface area contributed by atoms with Crippen LogP contribution in [0.25, 0.3) is 0 Å². The summed E-state index contributed by atoms with van der Waals surface area (Å²) in [6.45, 7) is 2.85. The Bertz CT molecular complexity index is 348. The fourth-order valence-corrected chi connectivity index (χ4v) is 2.31. The summed E-state index contributed by atoms with van der Waals surface area (Å²) in [5, 5.41) is 3.46. The smallest absolute Gasteiger partial charge is 0.119 e. The molecule has 1 aliphatic heterocycles. The molecule has 1 fully saturated rings. The largest absolute Gasteiger partial charge is 0.497 e. The molecule has 1 heterocycles. The molecule has 1 saturated heterocycles. The zero-order valence-corrected chi connectivity index (χ0v) is 11.2. The molecule has 1 N–H and O–H groups in total. The molecule has 1 aliphatic rings. The van der Waals surface area contributed by atoms with Gasteiger partial charge in [-0.3, -0.25) is 0 Å². The third-order valence-corrected chi connectivity index (χ3v) is 3.38. The molecular weight excluding hydrogens is 226 g/mol. The Kier molecular flexibility index (Phi) is 5.49. The van der Waals surface area contributed by atoms with Crippen molar-refractivity contribution in [1.29, 1.82) is 0 Å². The molecule has 0 aromatic heterocycles. The molecule has 2 rings (SSSR count). The summed E-state index contributed by atoms with van der Waals surface area (Å²) in [4.78, 5) is 0. The number of rotatable bonds is 6. The normalized spacial score (nSPS) is 19.7. The minimum atomic E-state index is 0.469. The molecule has 0 saturated carbocycles. The second-order valence-corrected chi connectivity index (χ2v) is 4.81. The van der Waals surface area contributed by atoms with Gasteiger partial charge in [-0.25, -0.2) is 0 Å².